The minimum Gasteiger partial charge on any atom is -0.383 e. The van der Waals surface area contributed by atoms with Gasteiger partial charge in [0.2, 0.25) is 10.0 Å². The molecule has 2 aliphatic rings. The standard InChI is InChI=1S/C30H30ClF3N2O3S/c1-20-23(8-7-10-25(20)31)21-12-14-22(15-13-21)29-26-18-35(16-5-6-17-36(26)27(29)19-39-2)40(37,38)28-11-4-3-9-24(28)30(32,33)34/h3-15,26-27,29H,16-19H2,1-2H3/b6-5-/t26-,27?,29-/m0/s1. The Kier molecular flexibility index (Phi) is 8.14. The van der Waals surface area contributed by atoms with E-state index >= 15 is 0 Å². The van der Waals surface area contributed by atoms with Gasteiger partial charge in [0.1, 0.15) is 0 Å². The molecule has 0 amide bonds. The van der Waals surface area contributed by atoms with E-state index in [0.717, 1.165) is 38.7 Å². The van der Waals surface area contributed by atoms with Crippen molar-refractivity contribution in [1.29, 1.82) is 0 Å². The minimum atomic E-state index is -4.79. The lowest BCUT2D eigenvalue weighted by Gasteiger charge is -2.56. The van der Waals surface area contributed by atoms with E-state index in [1.807, 2.05) is 55.5 Å². The quantitative estimate of drug-likeness (QED) is 0.313. The molecule has 3 atom stereocenters. The lowest BCUT2D eigenvalue weighted by atomic mass is 9.74. The SMILES string of the molecule is COCC1[C@@H](c2ccc(-c3cccc(Cl)c3C)cc2)[C@@H]2CN(S(=O)(=O)c3ccccc3C(F)(F)F)C/C=C\CN12. The van der Waals surface area contributed by atoms with Gasteiger partial charge in [-0.3, -0.25) is 4.90 Å². The second-order valence-corrected chi connectivity index (χ2v) is 12.4. The van der Waals surface area contributed by atoms with Gasteiger partial charge in [-0.05, 0) is 47.4 Å². The van der Waals surface area contributed by atoms with Gasteiger partial charge in [-0.25, -0.2) is 8.42 Å². The third-order valence-electron chi connectivity index (χ3n) is 7.89. The Morgan fingerprint density at radius 2 is 1.68 bits per heavy atom. The highest BCUT2D eigenvalue weighted by Gasteiger charge is 2.50. The highest BCUT2D eigenvalue weighted by Crippen LogP contribution is 2.43. The molecule has 0 N–H and O–H groups in total. The molecule has 10 heteroatoms. The number of rotatable bonds is 6. The lowest BCUT2D eigenvalue weighted by Crippen LogP contribution is -2.67. The van der Waals surface area contributed by atoms with Crippen molar-refractivity contribution in [2.45, 2.75) is 36.0 Å². The summed E-state index contributed by atoms with van der Waals surface area (Å²) in [5, 5.41) is 0.687. The van der Waals surface area contributed by atoms with Crippen molar-refractivity contribution in [2.75, 3.05) is 33.4 Å². The maximum absolute atomic E-state index is 13.7. The first-order valence-corrected chi connectivity index (χ1v) is 14.8. The molecule has 0 bridgehead atoms. The molecule has 1 fully saturated rings. The van der Waals surface area contributed by atoms with E-state index in [1.165, 1.54) is 12.1 Å². The Balaban J connectivity index is 1.48. The number of benzene rings is 3. The molecule has 212 valence electrons. The fourth-order valence-electron chi connectivity index (χ4n) is 5.85. The van der Waals surface area contributed by atoms with Gasteiger partial charge in [0.15, 0.2) is 0 Å². The molecule has 40 heavy (non-hydrogen) atoms. The van der Waals surface area contributed by atoms with E-state index in [9.17, 15) is 21.6 Å². The van der Waals surface area contributed by atoms with Gasteiger partial charge in [0, 0.05) is 49.8 Å². The number of ether oxygens (including phenoxy) is 1. The highest BCUT2D eigenvalue weighted by atomic mass is 35.5. The summed E-state index contributed by atoms with van der Waals surface area (Å²) in [6, 6.07) is 18.0. The Labute approximate surface area is 237 Å². The predicted molar refractivity (Wildman–Crippen MR) is 150 cm³/mol. The molecule has 2 aliphatic heterocycles. The second-order valence-electron chi connectivity index (χ2n) is 10.1. The molecule has 3 aromatic carbocycles. The Bertz CT molecular complexity index is 1510. The Morgan fingerprint density at radius 1 is 0.975 bits per heavy atom. The first kappa shape index (κ1) is 28.8. The zero-order valence-corrected chi connectivity index (χ0v) is 23.7. The maximum atomic E-state index is 13.7. The average Bonchev–Trinajstić information content (AvgIpc) is 2.91. The summed E-state index contributed by atoms with van der Waals surface area (Å²) < 4.78 is 75.2. The smallest absolute Gasteiger partial charge is 0.383 e. The topological polar surface area (TPSA) is 49.9 Å². The van der Waals surface area contributed by atoms with Crippen LogP contribution in [0.15, 0.2) is 83.8 Å². The van der Waals surface area contributed by atoms with E-state index in [4.69, 9.17) is 16.3 Å². The summed E-state index contributed by atoms with van der Waals surface area (Å²) >= 11 is 6.32. The van der Waals surface area contributed by atoms with Gasteiger partial charge in [-0.2, -0.15) is 17.5 Å². The molecule has 1 unspecified atom stereocenters. The second kappa shape index (κ2) is 11.3. The number of fused-ring (bicyclic) bond motifs is 1. The van der Waals surface area contributed by atoms with Gasteiger partial charge in [0.25, 0.3) is 0 Å². The number of hydrogen-bond donors (Lipinski definition) is 0. The van der Waals surface area contributed by atoms with Gasteiger partial charge >= 0.3 is 6.18 Å². The fourth-order valence-corrected chi connectivity index (χ4v) is 7.65. The number of methoxy groups -OCH3 is 1. The van der Waals surface area contributed by atoms with Crippen molar-refractivity contribution in [2.24, 2.45) is 0 Å². The van der Waals surface area contributed by atoms with Gasteiger partial charge in [0.05, 0.1) is 17.1 Å². The third kappa shape index (κ3) is 5.33. The third-order valence-corrected chi connectivity index (χ3v) is 10.2. The molecular formula is C30H30ClF3N2O3S. The van der Waals surface area contributed by atoms with Crippen molar-refractivity contribution in [3.8, 4) is 11.1 Å². The fraction of sp³-hybridized carbons (Fsp3) is 0.333. The summed E-state index contributed by atoms with van der Waals surface area (Å²) in [5.41, 5.74) is 2.88. The molecule has 3 aromatic rings. The molecule has 5 rings (SSSR count). The summed E-state index contributed by atoms with van der Waals surface area (Å²) in [7, 11) is -2.81. The molecule has 0 saturated carbocycles. The maximum Gasteiger partial charge on any atom is 0.417 e. The van der Waals surface area contributed by atoms with Crippen molar-refractivity contribution in [1.82, 2.24) is 9.21 Å². The molecule has 0 aliphatic carbocycles. The van der Waals surface area contributed by atoms with Crippen LogP contribution < -0.4 is 0 Å². The molecule has 0 spiro atoms. The van der Waals surface area contributed by atoms with E-state index < -0.39 is 26.7 Å². The van der Waals surface area contributed by atoms with Crippen molar-refractivity contribution < 1.29 is 26.3 Å². The Morgan fingerprint density at radius 3 is 2.38 bits per heavy atom. The average molecular weight is 591 g/mol. The van der Waals surface area contributed by atoms with Gasteiger partial charge in [-0.1, -0.05) is 72.3 Å². The summed E-state index contributed by atoms with van der Waals surface area (Å²) in [6.07, 6.45) is -1.22. The van der Waals surface area contributed by atoms with Crippen LogP contribution in [-0.4, -0.2) is 63.1 Å². The minimum absolute atomic E-state index is 0.00644. The molecule has 0 aromatic heterocycles. The van der Waals surface area contributed by atoms with Crippen LogP contribution in [0.3, 0.4) is 0 Å². The van der Waals surface area contributed by atoms with Crippen LogP contribution in [0.25, 0.3) is 11.1 Å². The van der Waals surface area contributed by atoms with Crippen LogP contribution in [-0.2, 0) is 20.9 Å². The zero-order chi connectivity index (χ0) is 28.7. The van der Waals surface area contributed by atoms with Crippen LogP contribution in [0, 0.1) is 6.92 Å². The monoisotopic (exact) mass is 590 g/mol. The summed E-state index contributed by atoms with van der Waals surface area (Å²) in [5.74, 6) is -0.0727. The Hall–Kier alpha value is -2.69. The van der Waals surface area contributed by atoms with Gasteiger partial charge in [-0.15, -0.1) is 0 Å². The molecule has 2 heterocycles. The van der Waals surface area contributed by atoms with Crippen molar-refractivity contribution in [3.05, 3.63) is 101 Å². The van der Waals surface area contributed by atoms with Crippen LogP contribution in [0.5, 0.6) is 0 Å². The summed E-state index contributed by atoms with van der Waals surface area (Å²) in [4.78, 5) is 1.44. The molecule has 1 saturated heterocycles. The normalized spacial score (nSPS) is 23.1. The highest BCUT2D eigenvalue weighted by molar-refractivity contribution is 7.89. The lowest BCUT2D eigenvalue weighted by molar-refractivity contribution is -0.139. The van der Waals surface area contributed by atoms with Crippen molar-refractivity contribution in [3.63, 3.8) is 0 Å². The van der Waals surface area contributed by atoms with Crippen LogP contribution in [0.1, 0.15) is 22.6 Å². The van der Waals surface area contributed by atoms with Gasteiger partial charge < -0.3 is 4.74 Å². The van der Waals surface area contributed by atoms with Crippen LogP contribution in [0.4, 0.5) is 13.2 Å². The first-order valence-electron chi connectivity index (χ1n) is 13.0. The van der Waals surface area contributed by atoms with E-state index in [1.54, 1.807) is 13.2 Å². The van der Waals surface area contributed by atoms with E-state index in [2.05, 4.69) is 4.90 Å². The number of alkyl halides is 3. The van der Waals surface area contributed by atoms with E-state index in [0.29, 0.717) is 18.2 Å². The molecule has 5 nitrogen and oxygen atoms in total. The molecule has 0 radical (unpaired) electrons. The number of halogens is 4. The summed E-state index contributed by atoms with van der Waals surface area (Å²) in [6.45, 7) is 3.06. The van der Waals surface area contributed by atoms with Crippen LogP contribution in [0.2, 0.25) is 5.02 Å². The number of hydrogen-bond acceptors (Lipinski definition) is 4. The predicted octanol–water partition coefficient (Wildman–Crippen LogP) is 6.38. The molecular weight excluding hydrogens is 561 g/mol. The van der Waals surface area contributed by atoms with Crippen LogP contribution >= 0.6 is 11.6 Å². The van der Waals surface area contributed by atoms with E-state index in [-0.39, 0.29) is 31.1 Å². The van der Waals surface area contributed by atoms with Crippen molar-refractivity contribution >= 4 is 21.6 Å². The number of sulfonamides is 1. The largest absolute Gasteiger partial charge is 0.417 e. The number of nitrogens with zero attached hydrogens (tertiary/aromatic N) is 2. The zero-order valence-electron chi connectivity index (χ0n) is 22.1. The first-order chi connectivity index (χ1) is 19.0.